The molecule has 0 fully saturated rings. The fourth-order valence-electron chi connectivity index (χ4n) is 1.76. The van der Waals surface area contributed by atoms with Crippen LogP contribution < -0.4 is 10.1 Å². The van der Waals surface area contributed by atoms with Gasteiger partial charge in [0.1, 0.15) is 5.75 Å². The SMILES string of the molecule is O=C(COc1ccc(Cl)cc1)NCCSCc1ccc(Cl)cc1. The molecular formula is C17H17Cl2NO2S. The molecule has 0 saturated heterocycles. The zero-order valence-corrected chi connectivity index (χ0v) is 14.8. The maximum absolute atomic E-state index is 11.7. The lowest BCUT2D eigenvalue weighted by atomic mass is 10.2. The first-order chi connectivity index (χ1) is 11.1. The van der Waals surface area contributed by atoms with E-state index in [2.05, 4.69) is 5.32 Å². The summed E-state index contributed by atoms with van der Waals surface area (Å²) in [5.41, 5.74) is 1.22. The van der Waals surface area contributed by atoms with Gasteiger partial charge in [0.2, 0.25) is 0 Å². The van der Waals surface area contributed by atoms with Crippen molar-refractivity contribution in [3.8, 4) is 5.75 Å². The Labute approximate surface area is 150 Å². The van der Waals surface area contributed by atoms with Crippen LogP contribution in [-0.4, -0.2) is 24.8 Å². The second-order valence-electron chi connectivity index (χ2n) is 4.77. The van der Waals surface area contributed by atoms with Gasteiger partial charge in [-0.1, -0.05) is 35.3 Å². The third-order valence-corrected chi connectivity index (χ3v) is 4.47. The topological polar surface area (TPSA) is 38.3 Å². The number of hydrogen-bond donors (Lipinski definition) is 1. The van der Waals surface area contributed by atoms with Crippen molar-refractivity contribution in [2.45, 2.75) is 5.75 Å². The van der Waals surface area contributed by atoms with Crippen molar-refractivity contribution in [2.24, 2.45) is 0 Å². The molecule has 0 atom stereocenters. The Morgan fingerprint density at radius 2 is 1.61 bits per heavy atom. The number of benzene rings is 2. The van der Waals surface area contributed by atoms with Gasteiger partial charge in [0.05, 0.1) is 0 Å². The predicted octanol–water partition coefficient (Wildman–Crippen LogP) is 4.42. The highest BCUT2D eigenvalue weighted by Gasteiger charge is 2.02. The van der Waals surface area contributed by atoms with Crippen LogP contribution in [0.5, 0.6) is 5.75 Å². The van der Waals surface area contributed by atoms with Crippen molar-refractivity contribution in [1.82, 2.24) is 5.32 Å². The highest BCUT2D eigenvalue weighted by atomic mass is 35.5. The van der Waals surface area contributed by atoms with Crippen molar-refractivity contribution in [3.63, 3.8) is 0 Å². The van der Waals surface area contributed by atoms with Gasteiger partial charge in [-0.05, 0) is 42.0 Å². The van der Waals surface area contributed by atoms with E-state index in [4.69, 9.17) is 27.9 Å². The first-order valence-electron chi connectivity index (χ1n) is 7.11. The first-order valence-corrected chi connectivity index (χ1v) is 9.02. The van der Waals surface area contributed by atoms with Gasteiger partial charge < -0.3 is 10.1 Å². The van der Waals surface area contributed by atoms with Gasteiger partial charge in [-0.3, -0.25) is 4.79 Å². The number of hydrogen-bond acceptors (Lipinski definition) is 3. The summed E-state index contributed by atoms with van der Waals surface area (Å²) in [5.74, 6) is 2.23. The summed E-state index contributed by atoms with van der Waals surface area (Å²) in [6, 6.07) is 14.7. The highest BCUT2D eigenvalue weighted by molar-refractivity contribution is 7.98. The first kappa shape index (κ1) is 18.0. The maximum Gasteiger partial charge on any atom is 0.257 e. The fraction of sp³-hybridized carbons (Fsp3) is 0.235. The third-order valence-electron chi connectivity index (χ3n) is 2.93. The number of amides is 1. The standard InChI is InChI=1S/C17H17Cl2NO2S/c18-14-3-1-13(2-4-14)12-23-10-9-20-17(21)11-22-16-7-5-15(19)6-8-16/h1-8H,9-12H2,(H,20,21). The average Bonchev–Trinajstić information content (AvgIpc) is 2.56. The van der Waals surface area contributed by atoms with Crippen LogP contribution in [0.4, 0.5) is 0 Å². The zero-order chi connectivity index (χ0) is 16.5. The molecular weight excluding hydrogens is 353 g/mol. The molecule has 6 heteroatoms. The molecule has 0 bridgehead atoms. The van der Waals surface area contributed by atoms with Gasteiger partial charge in [0, 0.05) is 28.1 Å². The second-order valence-corrected chi connectivity index (χ2v) is 6.75. The summed E-state index contributed by atoms with van der Waals surface area (Å²) in [6.07, 6.45) is 0. The molecule has 0 aliphatic heterocycles. The Bertz CT molecular complexity index is 617. The highest BCUT2D eigenvalue weighted by Crippen LogP contribution is 2.16. The second kappa shape index (κ2) is 9.71. The Morgan fingerprint density at radius 1 is 1.00 bits per heavy atom. The number of thioether (sulfide) groups is 1. The summed E-state index contributed by atoms with van der Waals surface area (Å²) in [6.45, 7) is 0.616. The van der Waals surface area contributed by atoms with E-state index in [0.29, 0.717) is 17.3 Å². The van der Waals surface area contributed by atoms with E-state index >= 15 is 0 Å². The normalized spacial score (nSPS) is 10.3. The molecule has 2 aromatic rings. The average molecular weight is 370 g/mol. The molecule has 0 unspecified atom stereocenters. The molecule has 0 aromatic heterocycles. The van der Waals surface area contributed by atoms with Crippen LogP contribution in [0.15, 0.2) is 48.5 Å². The van der Waals surface area contributed by atoms with E-state index in [9.17, 15) is 4.79 Å². The van der Waals surface area contributed by atoms with Crippen LogP contribution in [0.25, 0.3) is 0 Å². The van der Waals surface area contributed by atoms with Crippen molar-refractivity contribution in [2.75, 3.05) is 18.9 Å². The van der Waals surface area contributed by atoms with Gasteiger partial charge in [0.15, 0.2) is 6.61 Å². The van der Waals surface area contributed by atoms with Crippen LogP contribution in [-0.2, 0) is 10.5 Å². The van der Waals surface area contributed by atoms with Crippen LogP contribution in [0, 0.1) is 0 Å². The van der Waals surface area contributed by atoms with Crippen molar-refractivity contribution in [3.05, 3.63) is 64.1 Å². The van der Waals surface area contributed by atoms with Gasteiger partial charge in [-0.2, -0.15) is 11.8 Å². The van der Waals surface area contributed by atoms with Gasteiger partial charge in [-0.15, -0.1) is 0 Å². The van der Waals surface area contributed by atoms with E-state index in [1.54, 1.807) is 36.0 Å². The molecule has 0 spiro atoms. The number of carbonyl (C=O) groups excluding carboxylic acids is 1. The molecule has 1 N–H and O–H groups in total. The van der Waals surface area contributed by atoms with E-state index in [-0.39, 0.29) is 12.5 Å². The fourth-order valence-corrected chi connectivity index (χ4v) is 2.83. The summed E-state index contributed by atoms with van der Waals surface area (Å²) in [7, 11) is 0. The molecule has 1 amide bonds. The molecule has 0 heterocycles. The van der Waals surface area contributed by atoms with Crippen LogP contribution >= 0.6 is 35.0 Å². The number of halogens is 2. The molecule has 0 aliphatic rings. The Hall–Kier alpha value is -1.36. The van der Waals surface area contributed by atoms with Crippen molar-refractivity contribution < 1.29 is 9.53 Å². The molecule has 0 saturated carbocycles. The monoisotopic (exact) mass is 369 g/mol. The van der Waals surface area contributed by atoms with Crippen molar-refractivity contribution in [1.29, 1.82) is 0 Å². The Balaban J connectivity index is 1.56. The van der Waals surface area contributed by atoms with E-state index in [1.807, 2.05) is 24.3 Å². The van der Waals surface area contributed by atoms with Gasteiger partial charge in [0.25, 0.3) is 5.91 Å². The van der Waals surface area contributed by atoms with E-state index < -0.39 is 0 Å². The molecule has 0 radical (unpaired) electrons. The summed E-state index contributed by atoms with van der Waals surface area (Å²) < 4.78 is 5.37. The van der Waals surface area contributed by atoms with E-state index in [0.717, 1.165) is 16.5 Å². The minimum atomic E-state index is -0.132. The maximum atomic E-state index is 11.7. The summed E-state index contributed by atoms with van der Waals surface area (Å²) in [5, 5.41) is 4.21. The smallest absolute Gasteiger partial charge is 0.257 e. The molecule has 2 aromatic carbocycles. The summed E-state index contributed by atoms with van der Waals surface area (Å²) >= 11 is 13.4. The van der Waals surface area contributed by atoms with Gasteiger partial charge in [-0.25, -0.2) is 0 Å². The van der Waals surface area contributed by atoms with Crippen molar-refractivity contribution >= 4 is 40.9 Å². The van der Waals surface area contributed by atoms with E-state index in [1.165, 1.54) is 5.56 Å². The third kappa shape index (κ3) is 7.16. The number of carbonyl (C=O) groups is 1. The Kier molecular flexibility index (Phi) is 7.59. The number of nitrogens with one attached hydrogen (secondary N) is 1. The lowest BCUT2D eigenvalue weighted by Gasteiger charge is -2.07. The number of ether oxygens (including phenoxy) is 1. The summed E-state index contributed by atoms with van der Waals surface area (Å²) in [4.78, 5) is 11.7. The lowest BCUT2D eigenvalue weighted by Crippen LogP contribution is -2.30. The molecule has 3 nitrogen and oxygen atoms in total. The lowest BCUT2D eigenvalue weighted by molar-refractivity contribution is -0.122. The quantitative estimate of drug-likeness (QED) is 0.699. The predicted molar refractivity (Wildman–Crippen MR) is 97.6 cm³/mol. The van der Waals surface area contributed by atoms with Crippen LogP contribution in [0.2, 0.25) is 10.0 Å². The molecule has 2 rings (SSSR count). The Morgan fingerprint density at radius 3 is 2.26 bits per heavy atom. The van der Waals surface area contributed by atoms with Crippen LogP contribution in [0.3, 0.4) is 0 Å². The zero-order valence-electron chi connectivity index (χ0n) is 12.4. The number of rotatable bonds is 8. The molecule has 122 valence electrons. The van der Waals surface area contributed by atoms with Crippen LogP contribution in [0.1, 0.15) is 5.56 Å². The van der Waals surface area contributed by atoms with Gasteiger partial charge >= 0.3 is 0 Å². The molecule has 0 aliphatic carbocycles. The minimum absolute atomic E-state index is 0.00346. The molecule has 23 heavy (non-hydrogen) atoms. The largest absolute Gasteiger partial charge is 0.484 e. The minimum Gasteiger partial charge on any atom is -0.484 e.